The number of carbonyl (C=O) groups is 1. The summed E-state index contributed by atoms with van der Waals surface area (Å²) in [6.07, 6.45) is 8.29. The third-order valence-corrected chi connectivity index (χ3v) is 5.40. The third kappa shape index (κ3) is 1.71. The molecule has 1 saturated carbocycles. The molecule has 2 heterocycles. The summed E-state index contributed by atoms with van der Waals surface area (Å²) in [6.45, 7) is 4.22. The standard InChI is InChI=1S/C15H22N2O/c18-15(14-5-10-1-2-13(14)4-10)17-8-11-3-12(9-17)7-16-6-11/h1-2,10-14,16H,3-9H2/t10?,11?,12?,13?,14-/m1/s1. The van der Waals surface area contributed by atoms with Gasteiger partial charge in [0.05, 0.1) is 0 Å². The normalized spacial score (nSPS) is 45.6. The summed E-state index contributed by atoms with van der Waals surface area (Å²) >= 11 is 0. The van der Waals surface area contributed by atoms with Crippen molar-refractivity contribution >= 4 is 5.91 Å². The van der Waals surface area contributed by atoms with E-state index in [0.717, 1.165) is 32.6 Å². The van der Waals surface area contributed by atoms with Crippen LogP contribution in [-0.2, 0) is 4.79 Å². The Bertz CT molecular complexity index is 380. The van der Waals surface area contributed by atoms with Crippen LogP contribution in [-0.4, -0.2) is 37.0 Å². The Morgan fingerprint density at radius 2 is 1.83 bits per heavy atom. The lowest BCUT2D eigenvalue weighted by Gasteiger charge is -2.43. The molecule has 4 rings (SSSR count). The molecule has 18 heavy (non-hydrogen) atoms. The van der Waals surface area contributed by atoms with E-state index in [1.807, 2.05) is 0 Å². The van der Waals surface area contributed by atoms with E-state index in [0.29, 0.717) is 35.5 Å². The average Bonchev–Trinajstić information content (AvgIpc) is 2.99. The minimum Gasteiger partial charge on any atom is -0.342 e. The summed E-state index contributed by atoms with van der Waals surface area (Å²) in [5, 5.41) is 3.49. The molecule has 98 valence electrons. The third-order valence-electron chi connectivity index (χ3n) is 5.40. The molecule has 3 heteroatoms. The molecule has 1 amide bonds. The van der Waals surface area contributed by atoms with Crippen LogP contribution in [0.3, 0.4) is 0 Å². The van der Waals surface area contributed by atoms with Crippen LogP contribution in [0.4, 0.5) is 0 Å². The first-order chi connectivity index (χ1) is 8.79. The van der Waals surface area contributed by atoms with Crippen molar-refractivity contribution in [3.63, 3.8) is 0 Å². The highest BCUT2D eigenvalue weighted by atomic mass is 16.2. The second-order valence-corrected chi connectivity index (χ2v) is 6.76. The molecule has 4 aliphatic rings. The average molecular weight is 246 g/mol. The van der Waals surface area contributed by atoms with E-state index in [1.165, 1.54) is 12.8 Å². The zero-order chi connectivity index (χ0) is 12.1. The second-order valence-electron chi connectivity index (χ2n) is 6.76. The van der Waals surface area contributed by atoms with Gasteiger partial charge in [0.2, 0.25) is 5.91 Å². The largest absolute Gasteiger partial charge is 0.342 e. The number of nitrogens with zero attached hydrogens (tertiary/aromatic N) is 1. The Labute approximate surface area is 109 Å². The van der Waals surface area contributed by atoms with Gasteiger partial charge in [-0.15, -0.1) is 0 Å². The number of amides is 1. The number of fused-ring (bicyclic) bond motifs is 4. The molecule has 0 aromatic rings. The van der Waals surface area contributed by atoms with Crippen molar-refractivity contribution < 1.29 is 4.79 Å². The second kappa shape index (κ2) is 4.09. The Morgan fingerprint density at radius 3 is 2.44 bits per heavy atom. The molecule has 0 radical (unpaired) electrons. The summed E-state index contributed by atoms with van der Waals surface area (Å²) in [5.74, 6) is 3.44. The van der Waals surface area contributed by atoms with Crippen LogP contribution in [0.5, 0.6) is 0 Å². The maximum absolute atomic E-state index is 12.7. The molecule has 2 saturated heterocycles. The van der Waals surface area contributed by atoms with E-state index in [2.05, 4.69) is 22.4 Å². The van der Waals surface area contributed by atoms with Crippen LogP contribution in [0.15, 0.2) is 12.2 Å². The molecule has 2 aliphatic heterocycles. The highest BCUT2D eigenvalue weighted by Gasteiger charge is 2.43. The van der Waals surface area contributed by atoms with E-state index in [4.69, 9.17) is 0 Å². The smallest absolute Gasteiger partial charge is 0.226 e. The number of allylic oxidation sites excluding steroid dienone is 2. The number of rotatable bonds is 1. The summed E-state index contributed by atoms with van der Waals surface area (Å²) < 4.78 is 0. The lowest BCUT2D eigenvalue weighted by atomic mass is 9.84. The zero-order valence-corrected chi connectivity index (χ0v) is 10.8. The first-order valence-electron chi connectivity index (χ1n) is 7.47. The van der Waals surface area contributed by atoms with Crippen molar-refractivity contribution in [1.29, 1.82) is 0 Å². The molecule has 4 unspecified atom stereocenters. The molecule has 2 aliphatic carbocycles. The van der Waals surface area contributed by atoms with Gasteiger partial charge in [-0.1, -0.05) is 12.2 Å². The predicted molar refractivity (Wildman–Crippen MR) is 69.9 cm³/mol. The molecule has 0 spiro atoms. The fraction of sp³-hybridized carbons (Fsp3) is 0.800. The summed E-state index contributed by atoms with van der Waals surface area (Å²) in [5.41, 5.74) is 0. The number of hydrogen-bond donors (Lipinski definition) is 1. The van der Waals surface area contributed by atoms with Crippen LogP contribution >= 0.6 is 0 Å². The van der Waals surface area contributed by atoms with Gasteiger partial charge in [-0.3, -0.25) is 4.79 Å². The predicted octanol–water partition coefficient (Wildman–Crippen LogP) is 1.27. The zero-order valence-electron chi connectivity index (χ0n) is 10.8. The quantitative estimate of drug-likeness (QED) is 0.707. The van der Waals surface area contributed by atoms with Crippen LogP contribution in [0.1, 0.15) is 19.3 Å². The first kappa shape index (κ1) is 11.0. The molecular weight excluding hydrogens is 224 g/mol. The summed E-state index contributed by atoms with van der Waals surface area (Å²) in [4.78, 5) is 14.9. The highest BCUT2D eigenvalue weighted by Crippen LogP contribution is 2.44. The number of likely N-dealkylation sites (tertiary alicyclic amines) is 1. The van der Waals surface area contributed by atoms with Gasteiger partial charge < -0.3 is 10.2 Å². The van der Waals surface area contributed by atoms with Crippen molar-refractivity contribution in [2.45, 2.75) is 19.3 Å². The summed E-state index contributed by atoms with van der Waals surface area (Å²) in [6, 6.07) is 0. The molecule has 0 aromatic carbocycles. The molecule has 1 N–H and O–H groups in total. The van der Waals surface area contributed by atoms with Gasteiger partial charge in [0.25, 0.3) is 0 Å². The Morgan fingerprint density at radius 1 is 1.06 bits per heavy atom. The highest BCUT2D eigenvalue weighted by molar-refractivity contribution is 5.80. The minimum absolute atomic E-state index is 0.312. The van der Waals surface area contributed by atoms with Crippen molar-refractivity contribution in [2.24, 2.45) is 29.6 Å². The minimum atomic E-state index is 0.312. The van der Waals surface area contributed by atoms with Crippen LogP contribution in [0.25, 0.3) is 0 Å². The fourth-order valence-corrected chi connectivity index (χ4v) is 4.58. The molecule has 4 bridgehead atoms. The van der Waals surface area contributed by atoms with Gasteiger partial charge >= 0.3 is 0 Å². The van der Waals surface area contributed by atoms with Crippen molar-refractivity contribution in [2.75, 3.05) is 26.2 Å². The van der Waals surface area contributed by atoms with E-state index >= 15 is 0 Å². The van der Waals surface area contributed by atoms with Gasteiger partial charge in [-0.2, -0.15) is 0 Å². The van der Waals surface area contributed by atoms with Crippen molar-refractivity contribution in [3.05, 3.63) is 12.2 Å². The Hall–Kier alpha value is -0.830. The lowest BCUT2D eigenvalue weighted by molar-refractivity contribution is -0.139. The van der Waals surface area contributed by atoms with Gasteiger partial charge in [0.1, 0.15) is 0 Å². The number of nitrogens with one attached hydrogen (secondary N) is 1. The van der Waals surface area contributed by atoms with E-state index in [1.54, 1.807) is 0 Å². The number of carbonyl (C=O) groups excluding carboxylic acids is 1. The molecule has 5 atom stereocenters. The summed E-state index contributed by atoms with van der Waals surface area (Å²) in [7, 11) is 0. The van der Waals surface area contributed by atoms with Gasteiger partial charge in [0, 0.05) is 19.0 Å². The monoisotopic (exact) mass is 246 g/mol. The van der Waals surface area contributed by atoms with Crippen LogP contribution in [0, 0.1) is 29.6 Å². The van der Waals surface area contributed by atoms with Gasteiger partial charge in [-0.05, 0) is 56.0 Å². The Balaban J connectivity index is 1.47. The number of piperidine rings is 2. The topological polar surface area (TPSA) is 32.3 Å². The lowest BCUT2D eigenvalue weighted by Crippen LogP contribution is -2.54. The molecular formula is C15H22N2O. The van der Waals surface area contributed by atoms with Crippen LogP contribution in [0.2, 0.25) is 0 Å². The van der Waals surface area contributed by atoms with Gasteiger partial charge in [-0.25, -0.2) is 0 Å². The first-order valence-corrected chi connectivity index (χ1v) is 7.47. The maximum Gasteiger partial charge on any atom is 0.226 e. The fourth-order valence-electron chi connectivity index (χ4n) is 4.58. The molecule has 3 fully saturated rings. The Kier molecular flexibility index (Phi) is 2.51. The van der Waals surface area contributed by atoms with E-state index in [-0.39, 0.29) is 0 Å². The SMILES string of the molecule is O=C([C@@H]1CC2C=CC1C2)N1CC2CNCC(C2)C1. The van der Waals surface area contributed by atoms with E-state index < -0.39 is 0 Å². The van der Waals surface area contributed by atoms with Crippen molar-refractivity contribution in [1.82, 2.24) is 10.2 Å². The maximum atomic E-state index is 12.7. The van der Waals surface area contributed by atoms with Crippen molar-refractivity contribution in [3.8, 4) is 0 Å². The molecule has 3 nitrogen and oxygen atoms in total. The van der Waals surface area contributed by atoms with Gasteiger partial charge in [0.15, 0.2) is 0 Å². The molecule has 0 aromatic heterocycles. The number of hydrogen-bond acceptors (Lipinski definition) is 2. The van der Waals surface area contributed by atoms with Crippen LogP contribution < -0.4 is 5.32 Å². The van der Waals surface area contributed by atoms with E-state index in [9.17, 15) is 4.79 Å².